The minimum atomic E-state index is -0.238. The number of likely N-dealkylation sites (tertiary alicyclic amines) is 1. The Morgan fingerprint density at radius 1 is 1.07 bits per heavy atom. The number of nitrogens with zero attached hydrogens (tertiary/aromatic N) is 2. The number of ether oxygens (including phenoxy) is 2. The van der Waals surface area contributed by atoms with Crippen molar-refractivity contribution in [1.29, 1.82) is 5.26 Å². The van der Waals surface area contributed by atoms with E-state index < -0.39 is 0 Å². The highest BCUT2D eigenvalue weighted by Crippen LogP contribution is 2.19. The maximum absolute atomic E-state index is 12.0. The molecule has 1 fully saturated rings. The van der Waals surface area contributed by atoms with Gasteiger partial charge in [-0.05, 0) is 62.5 Å². The molecule has 5 heteroatoms. The van der Waals surface area contributed by atoms with E-state index in [0.717, 1.165) is 38.9 Å². The van der Waals surface area contributed by atoms with Crippen molar-refractivity contribution >= 4 is 5.97 Å². The van der Waals surface area contributed by atoms with E-state index in [4.69, 9.17) is 14.7 Å². The second-order valence-electron chi connectivity index (χ2n) is 7.06. The van der Waals surface area contributed by atoms with Crippen molar-refractivity contribution in [1.82, 2.24) is 4.90 Å². The van der Waals surface area contributed by atoms with Crippen LogP contribution in [-0.2, 0) is 4.74 Å². The first kappa shape index (κ1) is 19.9. The predicted octanol–water partition coefficient (Wildman–Crippen LogP) is 3.90. The average Bonchev–Trinajstić information content (AvgIpc) is 2.76. The summed E-state index contributed by atoms with van der Waals surface area (Å²) in [6.07, 6.45) is 3.01. The molecule has 0 radical (unpaired) electrons. The van der Waals surface area contributed by atoms with Gasteiger partial charge in [-0.25, -0.2) is 4.79 Å². The molecule has 0 N–H and O–H groups in total. The van der Waals surface area contributed by atoms with Crippen LogP contribution < -0.4 is 4.74 Å². The van der Waals surface area contributed by atoms with Gasteiger partial charge in [-0.2, -0.15) is 5.26 Å². The van der Waals surface area contributed by atoms with Crippen molar-refractivity contribution in [3.05, 3.63) is 65.7 Å². The highest BCUT2D eigenvalue weighted by atomic mass is 16.5. The molecule has 0 aliphatic carbocycles. The summed E-state index contributed by atoms with van der Waals surface area (Å²) in [5.41, 5.74) is 1.19. The molecule has 0 atom stereocenters. The number of esters is 1. The van der Waals surface area contributed by atoms with Crippen LogP contribution in [0.2, 0.25) is 0 Å². The van der Waals surface area contributed by atoms with Crippen molar-refractivity contribution in [3.63, 3.8) is 0 Å². The van der Waals surface area contributed by atoms with E-state index in [1.165, 1.54) is 0 Å². The number of hydrogen-bond donors (Lipinski definition) is 0. The van der Waals surface area contributed by atoms with Crippen LogP contribution in [0, 0.1) is 17.2 Å². The minimum absolute atomic E-state index is 0.238. The Hall–Kier alpha value is -2.84. The maximum Gasteiger partial charge on any atom is 0.338 e. The lowest BCUT2D eigenvalue weighted by molar-refractivity contribution is 0.0370. The van der Waals surface area contributed by atoms with E-state index in [9.17, 15) is 4.79 Å². The SMILES string of the molecule is N#Cc1ccccc1OCCCN1CCC(COC(=O)c2ccccc2)CC1. The number of piperidine rings is 1. The average molecular weight is 378 g/mol. The largest absolute Gasteiger partial charge is 0.492 e. The summed E-state index contributed by atoms with van der Waals surface area (Å²) in [6.45, 7) is 4.11. The molecule has 2 aromatic rings. The summed E-state index contributed by atoms with van der Waals surface area (Å²) in [6, 6.07) is 18.6. The van der Waals surface area contributed by atoms with Crippen molar-refractivity contribution < 1.29 is 14.3 Å². The predicted molar refractivity (Wildman–Crippen MR) is 107 cm³/mol. The van der Waals surface area contributed by atoms with Crippen LogP contribution in [0.3, 0.4) is 0 Å². The molecule has 0 aromatic heterocycles. The zero-order valence-corrected chi connectivity index (χ0v) is 16.0. The Morgan fingerprint density at radius 2 is 1.79 bits per heavy atom. The Bertz CT molecular complexity index is 793. The normalized spacial score (nSPS) is 15.0. The smallest absolute Gasteiger partial charge is 0.338 e. The van der Waals surface area contributed by atoms with Crippen molar-refractivity contribution in [2.24, 2.45) is 5.92 Å². The molecule has 1 saturated heterocycles. The van der Waals surface area contributed by atoms with Gasteiger partial charge in [0.25, 0.3) is 0 Å². The van der Waals surface area contributed by atoms with Gasteiger partial charge in [-0.1, -0.05) is 30.3 Å². The van der Waals surface area contributed by atoms with E-state index >= 15 is 0 Å². The van der Waals surface area contributed by atoms with Gasteiger partial charge in [0.15, 0.2) is 0 Å². The Morgan fingerprint density at radius 3 is 2.54 bits per heavy atom. The first-order chi connectivity index (χ1) is 13.8. The highest BCUT2D eigenvalue weighted by molar-refractivity contribution is 5.89. The Labute approximate surface area is 166 Å². The lowest BCUT2D eigenvalue weighted by atomic mass is 9.97. The van der Waals surface area contributed by atoms with Crippen LogP contribution in [-0.4, -0.2) is 43.7 Å². The first-order valence-corrected chi connectivity index (χ1v) is 9.82. The highest BCUT2D eigenvalue weighted by Gasteiger charge is 2.20. The molecule has 0 spiro atoms. The lowest BCUT2D eigenvalue weighted by Gasteiger charge is -2.31. The van der Waals surface area contributed by atoms with Crippen molar-refractivity contribution in [2.75, 3.05) is 32.8 Å². The van der Waals surface area contributed by atoms with Gasteiger partial charge in [0, 0.05) is 6.54 Å². The Balaban J connectivity index is 1.30. The van der Waals surface area contributed by atoms with Crippen LogP contribution >= 0.6 is 0 Å². The number of carbonyl (C=O) groups excluding carboxylic acids is 1. The lowest BCUT2D eigenvalue weighted by Crippen LogP contribution is -2.36. The fourth-order valence-corrected chi connectivity index (χ4v) is 3.38. The molecule has 0 saturated carbocycles. The van der Waals surface area contributed by atoms with E-state index in [1.807, 2.05) is 36.4 Å². The van der Waals surface area contributed by atoms with E-state index in [-0.39, 0.29) is 5.97 Å². The molecule has 146 valence electrons. The van der Waals surface area contributed by atoms with Crippen LogP contribution in [0.15, 0.2) is 54.6 Å². The number of benzene rings is 2. The number of para-hydroxylation sites is 1. The van der Waals surface area contributed by atoms with E-state index in [0.29, 0.717) is 36.0 Å². The fraction of sp³-hybridized carbons (Fsp3) is 0.391. The summed E-state index contributed by atoms with van der Waals surface area (Å²) in [5, 5.41) is 9.08. The standard InChI is InChI=1S/C23H26N2O3/c24-17-21-9-4-5-10-22(21)27-16-6-13-25-14-11-19(12-15-25)18-28-23(26)20-7-2-1-3-8-20/h1-5,7-10,19H,6,11-16,18H2. The summed E-state index contributed by atoms with van der Waals surface area (Å²) < 4.78 is 11.2. The number of rotatable bonds is 8. The molecular formula is C23H26N2O3. The fourth-order valence-electron chi connectivity index (χ4n) is 3.38. The summed E-state index contributed by atoms with van der Waals surface area (Å²) in [5.74, 6) is 0.851. The summed E-state index contributed by atoms with van der Waals surface area (Å²) in [7, 11) is 0. The van der Waals surface area contributed by atoms with Gasteiger partial charge in [-0.3, -0.25) is 0 Å². The van der Waals surface area contributed by atoms with Gasteiger partial charge in [0.05, 0.1) is 24.3 Å². The second kappa shape index (κ2) is 10.5. The van der Waals surface area contributed by atoms with Crippen LogP contribution in [0.4, 0.5) is 0 Å². The Kier molecular flexibility index (Phi) is 7.45. The van der Waals surface area contributed by atoms with E-state index in [2.05, 4.69) is 11.0 Å². The summed E-state index contributed by atoms with van der Waals surface area (Å²) >= 11 is 0. The molecule has 1 aliphatic rings. The zero-order valence-electron chi connectivity index (χ0n) is 16.0. The van der Waals surface area contributed by atoms with Gasteiger partial charge in [0.1, 0.15) is 11.8 Å². The summed E-state index contributed by atoms with van der Waals surface area (Å²) in [4.78, 5) is 14.4. The third kappa shape index (κ3) is 5.83. The maximum atomic E-state index is 12.0. The van der Waals surface area contributed by atoms with Gasteiger partial charge < -0.3 is 14.4 Å². The quantitative estimate of drug-likeness (QED) is 0.515. The molecule has 1 heterocycles. The van der Waals surface area contributed by atoms with Crippen molar-refractivity contribution in [3.8, 4) is 11.8 Å². The molecule has 1 aliphatic heterocycles. The first-order valence-electron chi connectivity index (χ1n) is 9.82. The molecule has 2 aromatic carbocycles. The van der Waals surface area contributed by atoms with Crippen LogP contribution in [0.5, 0.6) is 5.75 Å². The molecular weight excluding hydrogens is 352 g/mol. The molecule has 5 nitrogen and oxygen atoms in total. The number of nitriles is 1. The van der Waals surface area contributed by atoms with Gasteiger partial charge >= 0.3 is 5.97 Å². The number of hydrogen-bond acceptors (Lipinski definition) is 5. The zero-order chi connectivity index (χ0) is 19.6. The second-order valence-corrected chi connectivity index (χ2v) is 7.06. The monoisotopic (exact) mass is 378 g/mol. The molecule has 3 rings (SSSR count). The number of carbonyl (C=O) groups is 1. The third-order valence-electron chi connectivity index (χ3n) is 5.05. The molecule has 0 unspecified atom stereocenters. The molecule has 0 bridgehead atoms. The third-order valence-corrected chi connectivity index (χ3v) is 5.05. The van der Waals surface area contributed by atoms with Gasteiger partial charge in [0.2, 0.25) is 0 Å². The van der Waals surface area contributed by atoms with Gasteiger partial charge in [-0.15, -0.1) is 0 Å². The van der Waals surface area contributed by atoms with Crippen LogP contribution in [0.1, 0.15) is 35.2 Å². The van der Waals surface area contributed by atoms with E-state index in [1.54, 1.807) is 18.2 Å². The van der Waals surface area contributed by atoms with Crippen LogP contribution in [0.25, 0.3) is 0 Å². The van der Waals surface area contributed by atoms with Crippen molar-refractivity contribution in [2.45, 2.75) is 19.3 Å². The molecule has 28 heavy (non-hydrogen) atoms. The topological polar surface area (TPSA) is 62.6 Å². The molecule has 0 amide bonds. The minimum Gasteiger partial charge on any atom is -0.492 e.